The summed E-state index contributed by atoms with van der Waals surface area (Å²) in [4.78, 5) is 5.56. The van der Waals surface area contributed by atoms with Crippen LogP contribution in [0.15, 0.2) is 255 Å². The number of rotatable bonds is 5. The molecule has 0 saturated carbocycles. The molecular formula is C68H42N2O. The number of aromatic nitrogens is 2. The number of hydrogen-bond donors (Lipinski definition) is 0. The molecule has 3 nitrogen and oxygen atoms in total. The van der Waals surface area contributed by atoms with Gasteiger partial charge in [0.15, 0.2) is 0 Å². The molecule has 0 bridgehead atoms. The first-order valence-electron chi connectivity index (χ1n) is 24.4. The second-order valence-electron chi connectivity index (χ2n) is 18.9. The zero-order valence-corrected chi connectivity index (χ0v) is 38.6. The summed E-state index contributed by atoms with van der Waals surface area (Å²) in [5.74, 6) is 1.78. The maximum Gasteiger partial charge on any atom is 0.132 e. The van der Waals surface area contributed by atoms with Crippen LogP contribution < -0.4 is 4.74 Å². The van der Waals surface area contributed by atoms with Crippen LogP contribution in [0.1, 0.15) is 22.3 Å². The third-order valence-electron chi connectivity index (χ3n) is 15.3. The van der Waals surface area contributed by atoms with Crippen LogP contribution in [0.4, 0.5) is 0 Å². The Morgan fingerprint density at radius 1 is 0.352 bits per heavy atom. The van der Waals surface area contributed by atoms with E-state index in [1.807, 2.05) is 0 Å². The zero-order chi connectivity index (χ0) is 46.6. The Morgan fingerprint density at radius 3 is 1.75 bits per heavy atom. The molecule has 2 aromatic heterocycles. The van der Waals surface area contributed by atoms with Crippen LogP contribution in [0.3, 0.4) is 0 Å². The predicted molar refractivity (Wildman–Crippen MR) is 293 cm³/mol. The fraction of sp³-hybridized carbons (Fsp3) is 0.0147. The first-order valence-corrected chi connectivity index (χ1v) is 24.4. The van der Waals surface area contributed by atoms with Crippen LogP contribution >= 0.6 is 0 Å². The lowest BCUT2D eigenvalue weighted by Crippen LogP contribution is -2.32. The smallest absolute Gasteiger partial charge is 0.132 e. The summed E-state index contributed by atoms with van der Waals surface area (Å²) in [5.41, 5.74) is 19.1. The van der Waals surface area contributed by atoms with Gasteiger partial charge < -0.3 is 9.30 Å². The number of pyridine rings is 1. The standard InChI is InChI=1S/C68H42N2O/c1-2-15-43(16-3-1)44-29-35-48(36-30-44)66-52-40-38-50(70-62-26-11-7-20-55(62)57-39-37-45-17-4-5-18-53(45)67(57)70)41-49(52)42-61(69-66)47-33-31-46(32-34-47)51-21-14-22-56-54-19-6-8-23-58(54)68(65(51)56)59-24-9-12-27-63(59)71-64-28-13-10-25-60(64)68/h1-42H. The van der Waals surface area contributed by atoms with Crippen molar-refractivity contribution in [3.05, 3.63) is 277 Å². The molecule has 0 atom stereocenters. The van der Waals surface area contributed by atoms with Gasteiger partial charge in [-0.2, -0.15) is 0 Å². The molecule has 0 fully saturated rings. The average molecular weight is 903 g/mol. The lowest BCUT2D eigenvalue weighted by atomic mass is 9.64. The second kappa shape index (κ2) is 15.3. The van der Waals surface area contributed by atoms with Gasteiger partial charge in [0, 0.05) is 49.5 Å². The molecule has 11 aromatic carbocycles. The van der Waals surface area contributed by atoms with Crippen molar-refractivity contribution >= 4 is 43.4 Å². The molecule has 0 radical (unpaired) electrons. The van der Waals surface area contributed by atoms with Gasteiger partial charge >= 0.3 is 0 Å². The average Bonchev–Trinajstić information content (AvgIpc) is 3.94. The van der Waals surface area contributed by atoms with Crippen molar-refractivity contribution in [1.82, 2.24) is 9.55 Å². The highest BCUT2D eigenvalue weighted by molar-refractivity contribution is 6.18. The summed E-state index contributed by atoms with van der Waals surface area (Å²) in [6.45, 7) is 0. The molecule has 71 heavy (non-hydrogen) atoms. The minimum atomic E-state index is -0.572. The lowest BCUT2D eigenvalue weighted by Gasteiger charge is -2.40. The fourth-order valence-corrected chi connectivity index (χ4v) is 12.2. The van der Waals surface area contributed by atoms with Gasteiger partial charge in [-0.1, -0.05) is 218 Å². The van der Waals surface area contributed by atoms with E-state index in [2.05, 4.69) is 259 Å². The minimum absolute atomic E-state index is 0.572. The molecule has 330 valence electrons. The van der Waals surface area contributed by atoms with E-state index in [4.69, 9.17) is 9.72 Å². The van der Waals surface area contributed by atoms with Crippen molar-refractivity contribution in [1.29, 1.82) is 0 Å². The van der Waals surface area contributed by atoms with E-state index in [1.54, 1.807) is 0 Å². The molecule has 1 spiro atoms. The highest BCUT2D eigenvalue weighted by Crippen LogP contribution is 2.63. The van der Waals surface area contributed by atoms with Crippen molar-refractivity contribution in [2.75, 3.05) is 0 Å². The molecule has 1 aliphatic carbocycles. The third kappa shape index (κ3) is 5.81. The number of fused-ring (bicyclic) bond motifs is 15. The van der Waals surface area contributed by atoms with Crippen LogP contribution in [-0.2, 0) is 5.41 Å². The Morgan fingerprint density at radius 2 is 0.944 bits per heavy atom. The van der Waals surface area contributed by atoms with E-state index < -0.39 is 5.41 Å². The molecule has 0 unspecified atom stereocenters. The zero-order valence-electron chi connectivity index (χ0n) is 38.6. The van der Waals surface area contributed by atoms with Gasteiger partial charge in [0.2, 0.25) is 0 Å². The second-order valence-corrected chi connectivity index (χ2v) is 18.9. The quantitative estimate of drug-likeness (QED) is 0.172. The molecule has 2 aliphatic rings. The van der Waals surface area contributed by atoms with Gasteiger partial charge in [-0.3, -0.25) is 0 Å². The number of benzene rings is 11. The molecule has 15 rings (SSSR count). The molecule has 3 heterocycles. The van der Waals surface area contributed by atoms with Gasteiger partial charge in [-0.25, -0.2) is 4.98 Å². The SMILES string of the molecule is c1ccc(-c2ccc(-c3nc(-c4ccc(-c5cccc6c5C5(c7ccccc7Oc7ccccc75)c5ccccc5-6)cc4)cc4cc(-n5c6ccccc6c6ccc7ccccc7c65)ccc34)cc2)cc1. The van der Waals surface area contributed by atoms with Crippen molar-refractivity contribution in [2.45, 2.75) is 5.41 Å². The Bertz CT molecular complexity index is 4250. The van der Waals surface area contributed by atoms with Crippen molar-refractivity contribution < 1.29 is 4.74 Å². The molecule has 13 aromatic rings. The first kappa shape index (κ1) is 39.7. The van der Waals surface area contributed by atoms with Crippen LogP contribution in [0.25, 0.3) is 105 Å². The normalized spacial score (nSPS) is 13.0. The van der Waals surface area contributed by atoms with E-state index in [1.165, 1.54) is 71.5 Å². The van der Waals surface area contributed by atoms with Crippen LogP contribution in [0.2, 0.25) is 0 Å². The summed E-state index contributed by atoms with van der Waals surface area (Å²) in [5, 5.41) is 7.19. The molecule has 0 amide bonds. The monoisotopic (exact) mass is 902 g/mol. The summed E-state index contributed by atoms with van der Waals surface area (Å²) in [6.07, 6.45) is 0. The molecule has 0 N–H and O–H groups in total. The number of nitrogens with zero attached hydrogens (tertiary/aromatic N) is 2. The summed E-state index contributed by atoms with van der Waals surface area (Å²) in [6, 6.07) is 92.7. The maximum atomic E-state index is 6.68. The summed E-state index contributed by atoms with van der Waals surface area (Å²) in [7, 11) is 0. The largest absolute Gasteiger partial charge is 0.457 e. The molecule has 1 aliphatic heterocycles. The van der Waals surface area contributed by atoms with E-state index in [9.17, 15) is 0 Å². The molecule has 0 saturated heterocycles. The van der Waals surface area contributed by atoms with E-state index in [0.29, 0.717) is 0 Å². The Balaban J connectivity index is 0.917. The number of hydrogen-bond acceptors (Lipinski definition) is 2. The van der Waals surface area contributed by atoms with Crippen LogP contribution in [0.5, 0.6) is 11.5 Å². The Hall–Kier alpha value is -9.31. The summed E-state index contributed by atoms with van der Waals surface area (Å²) < 4.78 is 9.13. The van der Waals surface area contributed by atoms with Crippen LogP contribution in [-0.4, -0.2) is 9.55 Å². The third-order valence-corrected chi connectivity index (χ3v) is 15.3. The first-order chi connectivity index (χ1) is 35.2. The fourth-order valence-electron chi connectivity index (χ4n) is 12.2. The maximum absolute atomic E-state index is 6.68. The topological polar surface area (TPSA) is 27.1 Å². The van der Waals surface area contributed by atoms with Gasteiger partial charge in [0.05, 0.1) is 27.8 Å². The van der Waals surface area contributed by atoms with Gasteiger partial charge in [-0.15, -0.1) is 0 Å². The lowest BCUT2D eigenvalue weighted by molar-refractivity contribution is 0.436. The van der Waals surface area contributed by atoms with Crippen LogP contribution in [0, 0.1) is 0 Å². The highest BCUT2D eigenvalue weighted by atomic mass is 16.5. The van der Waals surface area contributed by atoms with Gasteiger partial charge in [-0.05, 0) is 91.7 Å². The number of ether oxygens (including phenoxy) is 1. The van der Waals surface area contributed by atoms with Gasteiger partial charge in [0.25, 0.3) is 0 Å². The molecular weight excluding hydrogens is 861 g/mol. The number of para-hydroxylation sites is 3. The van der Waals surface area contributed by atoms with Gasteiger partial charge in [0.1, 0.15) is 11.5 Å². The Kier molecular flexibility index (Phi) is 8.57. The van der Waals surface area contributed by atoms with Crippen molar-refractivity contribution in [3.63, 3.8) is 0 Å². The van der Waals surface area contributed by atoms with E-state index >= 15 is 0 Å². The Labute approximate surface area is 411 Å². The predicted octanol–water partition coefficient (Wildman–Crippen LogP) is 17.6. The molecule has 3 heteroatoms. The van der Waals surface area contributed by atoms with Crippen molar-refractivity contribution in [2.24, 2.45) is 0 Å². The van der Waals surface area contributed by atoms with E-state index in [0.717, 1.165) is 67.2 Å². The van der Waals surface area contributed by atoms with Crippen molar-refractivity contribution in [3.8, 4) is 73.1 Å². The summed E-state index contributed by atoms with van der Waals surface area (Å²) >= 11 is 0. The highest BCUT2D eigenvalue weighted by Gasteiger charge is 2.52. The van der Waals surface area contributed by atoms with E-state index in [-0.39, 0.29) is 0 Å². The minimum Gasteiger partial charge on any atom is -0.457 e.